The zero-order chi connectivity index (χ0) is 4.99. The molecule has 0 saturated heterocycles. The summed E-state index contributed by atoms with van der Waals surface area (Å²) in [6.45, 7) is 1.94. The Bertz CT molecular complexity index is 26.7. The maximum atomic E-state index is 4.78. The summed E-state index contributed by atoms with van der Waals surface area (Å²) in [6, 6.07) is 0. The van der Waals surface area contributed by atoms with E-state index >= 15 is 0 Å². The summed E-state index contributed by atoms with van der Waals surface area (Å²) in [5.41, 5.74) is 1.01. The highest BCUT2D eigenvalue weighted by Gasteiger charge is 1.91. The molecule has 37 valence electrons. The maximum Gasteiger partial charge on any atom is 0.148 e. The van der Waals surface area contributed by atoms with Crippen molar-refractivity contribution in [3.63, 3.8) is 0 Å². The minimum absolute atomic E-state index is 1.01. The van der Waals surface area contributed by atoms with E-state index in [1.807, 2.05) is 13.2 Å². The molecule has 0 aromatic heterocycles. The van der Waals surface area contributed by atoms with E-state index in [9.17, 15) is 0 Å². The van der Waals surface area contributed by atoms with Crippen LogP contribution < -0.4 is 0 Å². The number of rotatable bonds is 2. The van der Waals surface area contributed by atoms with Crippen LogP contribution >= 0.6 is 11.8 Å². The van der Waals surface area contributed by atoms with E-state index in [1.165, 1.54) is 0 Å². The third kappa shape index (κ3) is 2.54. The van der Waals surface area contributed by atoms with Gasteiger partial charge in [0.1, 0.15) is 5.44 Å². The van der Waals surface area contributed by atoms with Gasteiger partial charge in [-0.15, -0.1) is 11.8 Å². The topological polar surface area (TPSA) is 9.23 Å². The van der Waals surface area contributed by atoms with E-state index in [0.717, 1.165) is 5.44 Å². The lowest BCUT2D eigenvalue weighted by Gasteiger charge is -1.99. The molecule has 0 aromatic carbocycles. The molecule has 0 aliphatic rings. The molecule has 0 heterocycles. The third-order valence-electron chi connectivity index (χ3n) is 0.575. The summed E-state index contributed by atoms with van der Waals surface area (Å²) in [5.74, 6) is 0. The Kier molecular flexibility index (Phi) is 3.68. The Morgan fingerprint density at radius 3 is 2.17 bits per heavy atom. The Morgan fingerprint density at radius 1 is 1.67 bits per heavy atom. The first-order valence-corrected chi connectivity index (χ1v) is 2.95. The fraction of sp³-hybridized carbons (Fsp3) is 0.750. The van der Waals surface area contributed by atoms with E-state index in [4.69, 9.17) is 4.74 Å². The van der Waals surface area contributed by atoms with Gasteiger partial charge in [-0.1, -0.05) is 0 Å². The molecule has 0 aromatic rings. The van der Waals surface area contributed by atoms with Gasteiger partial charge >= 0.3 is 0 Å². The molecule has 0 bridgehead atoms. The lowest BCUT2D eigenvalue weighted by atomic mass is 10.9. The van der Waals surface area contributed by atoms with Crippen molar-refractivity contribution < 1.29 is 4.74 Å². The van der Waals surface area contributed by atoms with Crippen LogP contribution in [0.25, 0.3) is 0 Å². The van der Waals surface area contributed by atoms with Crippen molar-refractivity contribution in [3.05, 3.63) is 5.44 Å². The van der Waals surface area contributed by atoms with Crippen LogP contribution in [0.3, 0.4) is 0 Å². The lowest BCUT2D eigenvalue weighted by Crippen LogP contribution is -1.83. The summed E-state index contributed by atoms with van der Waals surface area (Å²) < 4.78 is 4.78. The van der Waals surface area contributed by atoms with Crippen LogP contribution in [-0.4, -0.2) is 13.4 Å². The fourth-order valence-electron chi connectivity index (χ4n) is 0.0833. The summed E-state index contributed by atoms with van der Waals surface area (Å²) >= 11 is 1.62. The Hall–Kier alpha value is 0.310. The molecule has 2 heteroatoms. The smallest absolute Gasteiger partial charge is 0.148 e. The monoisotopic (exact) mass is 105 g/mol. The summed E-state index contributed by atoms with van der Waals surface area (Å²) in [6.07, 6.45) is 1.98. The van der Waals surface area contributed by atoms with Gasteiger partial charge in [0, 0.05) is 7.11 Å². The number of hydrogen-bond donors (Lipinski definition) is 0. The highest BCUT2D eigenvalue weighted by atomic mass is 32.2. The van der Waals surface area contributed by atoms with Crippen molar-refractivity contribution in [2.45, 2.75) is 6.92 Å². The first kappa shape index (κ1) is 6.31. The minimum Gasteiger partial charge on any atom is -0.364 e. The average Bonchev–Trinajstić information content (AvgIpc) is 1.65. The van der Waals surface area contributed by atoms with Crippen LogP contribution in [-0.2, 0) is 4.74 Å². The van der Waals surface area contributed by atoms with Gasteiger partial charge in [-0.3, -0.25) is 0 Å². The molecular weight excluding hydrogens is 96.1 g/mol. The van der Waals surface area contributed by atoms with Gasteiger partial charge in [-0.2, -0.15) is 0 Å². The number of hydrogen-bond acceptors (Lipinski definition) is 2. The molecule has 0 rings (SSSR count). The molecule has 0 amide bonds. The molecule has 0 unspecified atom stereocenters. The zero-order valence-electron chi connectivity index (χ0n) is 4.32. The molecule has 1 radical (unpaired) electrons. The van der Waals surface area contributed by atoms with Crippen LogP contribution in [0.1, 0.15) is 6.92 Å². The van der Waals surface area contributed by atoms with Gasteiger partial charge in [0.2, 0.25) is 0 Å². The molecule has 0 N–H and O–H groups in total. The van der Waals surface area contributed by atoms with E-state index in [1.54, 1.807) is 18.9 Å². The van der Waals surface area contributed by atoms with Crippen molar-refractivity contribution in [1.29, 1.82) is 0 Å². The predicted molar refractivity (Wildman–Crippen MR) is 29.4 cm³/mol. The minimum atomic E-state index is 1.01. The molecule has 1 nitrogen and oxygen atoms in total. The van der Waals surface area contributed by atoms with E-state index in [0.29, 0.717) is 0 Å². The quantitative estimate of drug-likeness (QED) is 0.526. The number of thioether (sulfide) groups is 1. The van der Waals surface area contributed by atoms with Crippen LogP contribution in [0.5, 0.6) is 0 Å². The van der Waals surface area contributed by atoms with Crippen LogP contribution in [0.15, 0.2) is 0 Å². The summed E-state index contributed by atoms with van der Waals surface area (Å²) in [4.78, 5) is 0. The second-order valence-corrected chi connectivity index (χ2v) is 1.88. The number of ether oxygens (including phenoxy) is 1. The molecular formula is C4H9OS. The molecule has 6 heavy (non-hydrogen) atoms. The Labute approximate surface area is 43.1 Å². The van der Waals surface area contributed by atoms with Crippen LogP contribution in [0.2, 0.25) is 0 Å². The van der Waals surface area contributed by atoms with Crippen LogP contribution in [0, 0.1) is 5.44 Å². The number of methoxy groups -OCH3 is 1. The fourth-order valence-corrected chi connectivity index (χ4v) is 0.250. The van der Waals surface area contributed by atoms with Crippen molar-refractivity contribution in [3.8, 4) is 0 Å². The second-order valence-electron chi connectivity index (χ2n) is 0.900. The molecule has 0 spiro atoms. The van der Waals surface area contributed by atoms with Crippen LogP contribution in [0.4, 0.5) is 0 Å². The van der Waals surface area contributed by atoms with Gasteiger partial charge in [-0.25, -0.2) is 0 Å². The molecule has 0 aliphatic heterocycles. The molecule has 0 atom stereocenters. The molecule has 0 aliphatic carbocycles. The van der Waals surface area contributed by atoms with Gasteiger partial charge < -0.3 is 4.74 Å². The van der Waals surface area contributed by atoms with Gasteiger partial charge in [0.15, 0.2) is 0 Å². The summed E-state index contributed by atoms with van der Waals surface area (Å²) in [7, 11) is 1.67. The zero-order valence-corrected chi connectivity index (χ0v) is 5.13. The average molecular weight is 105 g/mol. The van der Waals surface area contributed by atoms with E-state index < -0.39 is 0 Å². The molecule has 0 saturated carbocycles. The SMILES string of the molecule is CO[C](C)SC. The van der Waals surface area contributed by atoms with E-state index in [2.05, 4.69) is 0 Å². The van der Waals surface area contributed by atoms with Crippen molar-refractivity contribution >= 4 is 11.8 Å². The Balaban J connectivity index is 2.75. The molecule has 0 fully saturated rings. The van der Waals surface area contributed by atoms with Crippen molar-refractivity contribution in [2.24, 2.45) is 0 Å². The van der Waals surface area contributed by atoms with Gasteiger partial charge in [-0.05, 0) is 13.2 Å². The van der Waals surface area contributed by atoms with Crippen molar-refractivity contribution in [2.75, 3.05) is 13.4 Å². The highest BCUT2D eigenvalue weighted by Crippen LogP contribution is 2.12. The normalized spacial score (nSPS) is 10.0. The lowest BCUT2D eigenvalue weighted by molar-refractivity contribution is 0.265. The third-order valence-corrected chi connectivity index (χ3v) is 1.32. The standard InChI is InChI=1S/C4H9OS/c1-4(5-2)6-3/h1-3H3. The predicted octanol–water partition coefficient (Wildman–Crippen LogP) is 1.51. The maximum absolute atomic E-state index is 4.78. The first-order valence-electron chi connectivity index (χ1n) is 1.72. The van der Waals surface area contributed by atoms with E-state index in [-0.39, 0.29) is 0 Å². The largest absolute Gasteiger partial charge is 0.364 e. The Morgan fingerprint density at radius 2 is 2.17 bits per heavy atom. The highest BCUT2D eigenvalue weighted by molar-refractivity contribution is 8.01. The summed E-state index contributed by atoms with van der Waals surface area (Å²) in [5, 5.41) is 0. The second kappa shape index (κ2) is 3.50. The van der Waals surface area contributed by atoms with Gasteiger partial charge in [0.05, 0.1) is 0 Å². The van der Waals surface area contributed by atoms with Gasteiger partial charge in [0.25, 0.3) is 0 Å². The first-order chi connectivity index (χ1) is 2.81. The van der Waals surface area contributed by atoms with Crippen molar-refractivity contribution in [1.82, 2.24) is 0 Å².